The summed E-state index contributed by atoms with van der Waals surface area (Å²) in [6.45, 7) is 0. The van der Waals surface area contributed by atoms with Gasteiger partial charge in [-0.2, -0.15) is 0 Å². The molecule has 2 aromatic rings. The Bertz CT molecular complexity index is 776. The summed E-state index contributed by atoms with van der Waals surface area (Å²) in [6, 6.07) is 8.15. The van der Waals surface area contributed by atoms with Crippen LogP contribution >= 0.6 is 47.3 Å². The highest BCUT2D eigenvalue weighted by Crippen LogP contribution is 2.53. The number of thioether (sulfide) groups is 2. The van der Waals surface area contributed by atoms with Gasteiger partial charge in [0.1, 0.15) is 5.84 Å². The van der Waals surface area contributed by atoms with E-state index in [0.29, 0.717) is 0 Å². The Morgan fingerprint density at radius 3 is 2.54 bits per heavy atom. The molecule has 140 valence electrons. The number of nitrogens with one attached hydrogen (secondary N) is 2. The fourth-order valence-electron chi connectivity index (χ4n) is 2.74. The van der Waals surface area contributed by atoms with Gasteiger partial charge in [-0.25, -0.2) is 4.98 Å². The number of rotatable bonds is 6. The summed E-state index contributed by atoms with van der Waals surface area (Å²) in [5.41, 5.74) is 10.9. The van der Waals surface area contributed by atoms with Crippen LogP contribution in [-0.2, 0) is 0 Å². The van der Waals surface area contributed by atoms with Gasteiger partial charge in [0.25, 0.3) is 0 Å². The van der Waals surface area contributed by atoms with Crippen molar-refractivity contribution < 1.29 is 0 Å². The average molecular weight is 428 g/mol. The van der Waals surface area contributed by atoms with Crippen LogP contribution in [0, 0.1) is 5.41 Å². The molecule has 0 saturated carbocycles. The molecule has 9 heteroatoms. The summed E-state index contributed by atoms with van der Waals surface area (Å²) in [6.07, 6.45) is 4.20. The van der Waals surface area contributed by atoms with Gasteiger partial charge in [0, 0.05) is 35.1 Å². The van der Waals surface area contributed by atoms with E-state index in [1.54, 1.807) is 34.9 Å². The van der Waals surface area contributed by atoms with Crippen molar-refractivity contribution >= 4 is 64.5 Å². The van der Waals surface area contributed by atoms with Crippen molar-refractivity contribution in [2.45, 2.75) is 10.8 Å². The third-order valence-corrected chi connectivity index (χ3v) is 7.22. The first kappa shape index (κ1) is 21.0. The van der Waals surface area contributed by atoms with Gasteiger partial charge in [0.2, 0.25) is 0 Å². The zero-order valence-electron chi connectivity index (χ0n) is 14.7. The van der Waals surface area contributed by atoms with Crippen LogP contribution in [-0.4, -0.2) is 36.0 Å². The number of amidine groups is 1. The molecule has 1 aromatic carbocycles. The van der Waals surface area contributed by atoms with E-state index in [4.69, 9.17) is 11.1 Å². The number of benzene rings is 1. The summed E-state index contributed by atoms with van der Waals surface area (Å²) in [7, 11) is 4.03. The monoisotopic (exact) mass is 427 g/mol. The minimum Gasteiger partial charge on any atom is -0.385 e. The summed E-state index contributed by atoms with van der Waals surface area (Å²) in [5.74, 6) is 0.0183. The van der Waals surface area contributed by atoms with Gasteiger partial charge >= 0.3 is 0 Å². The van der Waals surface area contributed by atoms with E-state index in [9.17, 15) is 0 Å². The van der Waals surface area contributed by atoms with Crippen LogP contribution in [0.15, 0.2) is 45.5 Å². The molecule has 1 aliphatic heterocycles. The van der Waals surface area contributed by atoms with Crippen LogP contribution in [0.25, 0.3) is 0 Å². The number of hydrogen-bond acceptors (Lipinski definition) is 7. The van der Waals surface area contributed by atoms with Crippen molar-refractivity contribution in [3.8, 4) is 0 Å². The molecule has 0 aliphatic carbocycles. The molecular formula is C17H22ClN5S3. The first-order chi connectivity index (χ1) is 12.0. The number of nitrogens with zero attached hydrogens (tertiary/aromatic N) is 2. The zero-order chi connectivity index (χ0) is 18.0. The Morgan fingerprint density at radius 1 is 1.35 bits per heavy atom. The average Bonchev–Trinajstić information content (AvgIpc) is 3.23. The van der Waals surface area contributed by atoms with Crippen molar-refractivity contribution in [2.75, 3.05) is 30.6 Å². The number of aromatic nitrogens is 1. The van der Waals surface area contributed by atoms with E-state index >= 15 is 0 Å². The Hall–Kier alpha value is -1.35. The lowest BCUT2D eigenvalue weighted by Crippen LogP contribution is -2.49. The smallest absolute Gasteiger partial charge is 0.158 e. The van der Waals surface area contributed by atoms with Crippen LogP contribution in [0.1, 0.15) is 11.6 Å². The van der Waals surface area contributed by atoms with Crippen molar-refractivity contribution in [3.63, 3.8) is 0 Å². The second kappa shape index (κ2) is 8.56. The van der Waals surface area contributed by atoms with Crippen molar-refractivity contribution in [3.05, 3.63) is 51.2 Å². The molecule has 0 amide bonds. The van der Waals surface area contributed by atoms with Gasteiger partial charge in [0.05, 0.1) is 17.1 Å². The molecule has 2 unspecified atom stereocenters. The Morgan fingerprint density at radius 2 is 2.04 bits per heavy atom. The van der Waals surface area contributed by atoms with E-state index in [-0.39, 0.29) is 24.2 Å². The highest BCUT2D eigenvalue weighted by molar-refractivity contribution is 8.23. The molecule has 1 aliphatic rings. The number of hydrogen-bond donors (Lipinski definition) is 3. The van der Waals surface area contributed by atoms with Crippen molar-refractivity contribution in [1.82, 2.24) is 4.98 Å². The van der Waals surface area contributed by atoms with Crippen LogP contribution in [0.3, 0.4) is 0 Å². The first-order valence-corrected chi connectivity index (χ1v) is 10.7. The molecule has 26 heavy (non-hydrogen) atoms. The van der Waals surface area contributed by atoms with Gasteiger partial charge in [-0.1, -0.05) is 17.8 Å². The number of thiazole rings is 1. The number of halogens is 1. The standard InChI is InChI=1S/C17H21N5S3.ClH/c1-22(2)12-6-4-11(5-7-12)21-17(16(18)19)13(8-15(23-3)25-17)14-9-24-10-20-14;/h4-10,13,21H,1-3H3,(H3,18,19);1H. The summed E-state index contributed by atoms with van der Waals surface area (Å²) in [5, 5.41) is 13.9. The van der Waals surface area contributed by atoms with E-state index in [1.807, 2.05) is 43.4 Å². The molecule has 3 rings (SSSR count). The third kappa shape index (κ3) is 3.98. The fraction of sp³-hybridized carbons (Fsp3) is 0.294. The molecule has 0 saturated heterocycles. The van der Waals surface area contributed by atoms with Gasteiger partial charge in [-0.05, 0) is 30.5 Å². The van der Waals surface area contributed by atoms with Crippen LogP contribution < -0.4 is 16.0 Å². The Labute approximate surface area is 172 Å². The lowest BCUT2D eigenvalue weighted by molar-refractivity contribution is 0.729. The molecule has 1 aromatic heterocycles. The lowest BCUT2D eigenvalue weighted by atomic mass is 9.95. The van der Waals surface area contributed by atoms with Gasteiger partial charge in [0.15, 0.2) is 4.87 Å². The molecule has 0 spiro atoms. The van der Waals surface area contributed by atoms with E-state index < -0.39 is 4.87 Å². The predicted octanol–water partition coefficient (Wildman–Crippen LogP) is 4.41. The number of nitrogens with two attached hydrogens (primary N) is 1. The SMILES string of the molecule is CSC1=CC(c2cscn2)C(Nc2ccc(N(C)C)cc2)(C(=N)N)S1.Cl. The van der Waals surface area contributed by atoms with Crippen LogP contribution in [0.5, 0.6) is 0 Å². The quantitative estimate of drug-likeness (QED) is 0.468. The highest BCUT2D eigenvalue weighted by Gasteiger charge is 2.48. The first-order valence-electron chi connectivity index (χ1n) is 7.69. The van der Waals surface area contributed by atoms with Crippen molar-refractivity contribution in [2.24, 2.45) is 5.73 Å². The normalized spacial score (nSPS) is 21.7. The minimum absolute atomic E-state index is 0. The minimum atomic E-state index is -0.758. The molecule has 0 bridgehead atoms. The van der Waals surface area contributed by atoms with Crippen LogP contribution in [0.4, 0.5) is 11.4 Å². The summed E-state index contributed by atoms with van der Waals surface area (Å²) in [4.78, 5) is 5.77. The maximum Gasteiger partial charge on any atom is 0.158 e. The molecule has 0 fully saturated rings. The van der Waals surface area contributed by atoms with Gasteiger partial charge in [-0.15, -0.1) is 35.5 Å². The highest BCUT2D eigenvalue weighted by atomic mass is 35.5. The topological polar surface area (TPSA) is 78.0 Å². The summed E-state index contributed by atoms with van der Waals surface area (Å²) >= 11 is 4.82. The van der Waals surface area contributed by atoms with E-state index in [0.717, 1.165) is 21.3 Å². The second-order valence-electron chi connectivity index (χ2n) is 5.90. The Kier molecular flexibility index (Phi) is 6.90. The zero-order valence-corrected chi connectivity index (χ0v) is 18.0. The third-order valence-electron chi connectivity index (χ3n) is 4.09. The summed E-state index contributed by atoms with van der Waals surface area (Å²) < 4.78 is 1.14. The lowest BCUT2D eigenvalue weighted by Gasteiger charge is -2.35. The molecule has 4 N–H and O–H groups in total. The number of anilines is 2. The molecule has 2 heterocycles. The molecular weight excluding hydrogens is 406 g/mol. The van der Waals surface area contributed by atoms with Gasteiger partial charge in [-0.3, -0.25) is 5.41 Å². The van der Waals surface area contributed by atoms with E-state index in [1.165, 1.54) is 0 Å². The Balaban J connectivity index is 0.00000243. The maximum atomic E-state index is 8.32. The fourth-order valence-corrected chi connectivity index (χ4v) is 5.45. The van der Waals surface area contributed by atoms with Gasteiger partial charge < -0.3 is 16.0 Å². The molecule has 0 radical (unpaired) electrons. The maximum absolute atomic E-state index is 8.32. The largest absolute Gasteiger partial charge is 0.385 e. The van der Waals surface area contributed by atoms with Crippen LogP contribution in [0.2, 0.25) is 0 Å². The molecule has 2 atom stereocenters. The molecule has 5 nitrogen and oxygen atoms in total. The van der Waals surface area contributed by atoms with Crippen molar-refractivity contribution in [1.29, 1.82) is 5.41 Å². The van der Waals surface area contributed by atoms with E-state index in [2.05, 4.69) is 33.4 Å². The predicted molar refractivity (Wildman–Crippen MR) is 120 cm³/mol. The second-order valence-corrected chi connectivity index (χ2v) is 9.01.